The monoisotopic (exact) mass is 82.1 g/mol. The Kier molecular flexibility index (Phi) is 0.578. The summed E-state index contributed by atoms with van der Waals surface area (Å²) in [6.07, 6.45) is 1.95. The van der Waals surface area contributed by atoms with Crippen LogP contribution in [0.3, 0.4) is 0 Å². The second-order valence-corrected chi connectivity index (χ2v) is 1.71. The molecule has 0 unspecified atom stereocenters. The molecule has 0 aromatic carbocycles. The van der Waals surface area contributed by atoms with E-state index in [0.29, 0.717) is 5.92 Å². The van der Waals surface area contributed by atoms with Crippen LogP contribution in [0.5, 0.6) is 0 Å². The molecule has 0 saturated carbocycles. The molecule has 1 rings (SSSR count). The van der Waals surface area contributed by atoms with Crippen molar-refractivity contribution in [1.29, 1.82) is 0 Å². The lowest BCUT2D eigenvalue weighted by atomic mass is 10.1. The van der Waals surface area contributed by atoms with Crippen molar-refractivity contribution in [3.8, 4) is 0 Å². The summed E-state index contributed by atoms with van der Waals surface area (Å²) in [4.78, 5) is 0. The van der Waals surface area contributed by atoms with Gasteiger partial charge in [0.1, 0.15) is 5.92 Å². The van der Waals surface area contributed by atoms with Gasteiger partial charge in [-0.1, -0.05) is 0 Å². The maximum Gasteiger partial charge on any atom is 0.291 e. The largest absolute Gasteiger partial charge is 0.291 e. The van der Waals surface area contributed by atoms with Gasteiger partial charge in [-0.25, -0.2) is 0 Å². The van der Waals surface area contributed by atoms with Gasteiger partial charge in [-0.05, 0) is 6.92 Å². The van der Waals surface area contributed by atoms with Crippen LogP contribution in [0.2, 0.25) is 0 Å². The third-order valence-electron chi connectivity index (χ3n) is 1.16. The summed E-state index contributed by atoms with van der Waals surface area (Å²) >= 11 is 0. The van der Waals surface area contributed by atoms with E-state index < -0.39 is 0 Å². The minimum Gasteiger partial charge on any atom is -0.106 e. The van der Waals surface area contributed by atoms with E-state index in [4.69, 9.17) is 0 Å². The molecule has 1 atom stereocenters. The molecule has 0 amide bonds. The molecule has 0 aliphatic carbocycles. The van der Waals surface area contributed by atoms with Gasteiger partial charge in [0.2, 0.25) is 0 Å². The summed E-state index contributed by atoms with van der Waals surface area (Å²) in [5, 5.41) is 0. The molecule has 0 fully saturated rings. The van der Waals surface area contributed by atoms with Crippen LogP contribution in [0.25, 0.3) is 0 Å². The standard InChI is InChI=1S/C5H8N/c1-4-3-6-5(4)2/h3-4H,1-2H3/q+1/t4-/m1/s1. The minimum atomic E-state index is 0.657. The molecule has 0 N–H and O–H groups in total. The minimum absolute atomic E-state index is 0.657. The van der Waals surface area contributed by atoms with Gasteiger partial charge in [0.15, 0.2) is 0 Å². The van der Waals surface area contributed by atoms with Crippen LogP contribution in [0.15, 0.2) is 0 Å². The predicted octanol–water partition coefficient (Wildman–Crippen LogP) is 0.235. The Labute approximate surface area is 37.4 Å². The normalized spacial score (nSPS) is 29.0. The van der Waals surface area contributed by atoms with E-state index in [1.807, 2.05) is 13.1 Å². The Morgan fingerprint density at radius 3 is 2.33 bits per heavy atom. The highest BCUT2D eigenvalue weighted by Gasteiger charge is 2.22. The Hall–Kier alpha value is -0.550. The molecule has 0 aromatic heterocycles. The van der Waals surface area contributed by atoms with Gasteiger partial charge in [0.25, 0.3) is 11.9 Å². The molecule has 0 bridgehead atoms. The summed E-state index contributed by atoms with van der Waals surface area (Å²) in [5.41, 5.74) is 1.26. The Morgan fingerprint density at radius 1 is 1.83 bits per heavy atom. The third-order valence-corrected chi connectivity index (χ3v) is 1.16. The molecular formula is C5H8N+. The lowest BCUT2D eigenvalue weighted by Crippen LogP contribution is -2.21. The van der Waals surface area contributed by atoms with Crippen molar-refractivity contribution in [1.82, 2.24) is 4.67 Å². The number of hydrogen-bond donors (Lipinski definition) is 0. The molecular weight excluding hydrogens is 74.1 g/mol. The fraction of sp³-hybridized carbons (Fsp3) is 0.600. The van der Waals surface area contributed by atoms with Crippen molar-refractivity contribution in [2.75, 3.05) is 0 Å². The highest BCUT2D eigenvalue weighted by molar-refractivity contribution is 6.03. The quantitative estimate of drug-likeness (QED) is 0.371. The zero-order valence-corrected chi connectivity index (χ0v) is 4.10. The van der Waals surface area contributed by atoms with Crippen molar-refractivity contribution in [2.24, 2.45) is 5.92 Å². The fourth-order valence-electron chi connectivity index (χ4n) is 0.373. The van der Waals surface area contributed by atoms with Gasteiger partial charge >= 0.3 is 0 Å². The average molecular weight is 82.1 g/mol. The molecule has 32 valence electrons. The lowest BCUT2D eigenvalue weighted by Gasteiger charge is -1.89. The Morgan fingerprint density at radius 2 is 2.33 bits per heavy atom. The zero-order valence-electron chi connectivity index (χ0n) is 4.10. The van der Waals surface area contributed by atoms with Crippen molar-refractivity contribution in [2.45, 2.75) is 13.8 Å². The van der Waals surface area contributed by atoms with Crippen LogP contribution >= 0.6 is 0 Å². The molecule has 1 aliphatic heterocycles. The predicted molar refractivity (Wildman–Crippen MR) is 28.0 cm³/mol. The third kappa shape index (κ3) is 0.290. The second-order valence-electron chi connectivity index (χ2n) is 1.71. The van der Waals surface area contributed by atoms with E-state index in [9.17, 15) is 0 Å². The van der Waals surface area contributed by atoms with Crippen LogP contribution < -0.4 is 4.67 Å². The van der Waals surface area contributed by atoms with Crippen molar-refractivity contribution in [3.63, 3.8) is 0 Å². The lowest BCUT2D eigenvalue weighted by molar-refractivity contribution is 1.02. The molecule has 0 spiro atoms. The first-order valence-electron chi connectivity index (χ1n) is 2.18. The van der Waals surface area contributed by atoms with Crippen molar-refractivity contribution in [3.05, 3.63) is 0 Å². The van der Waals surface area contributed by atoms with Crippen LogP contribution in [-0.4, -0.2) is 11.9 Å². The van der Waals surface area contributed by atoms with E-state index in [2.05, 4.69) is 11.6 Å². The number of hydrogen-bond acceptors (Lipinski definition) is 0. The van der Waals surface area contributed by atoms with Crippen LogP contribution in [0, 0.1) is 5.92 Å². The molecule has 1 heteroatoms. The fourth-order valence-corrected chi connectivity index (χ4v) is 0.373. The molecule has 0 saturated heterocycles. The van der Waals surface area contributed by atoms with Gasteiger partial charge in [-0.2, -0.15) is 0 Å². The average Bonchev–Trinajstić information content (AvgIpc) is 1.61. The summed E-state index contributed by atoms with van der Waals surface area (Å²) in [7, 11) is 0. The number of rotatable bonds is 0. The Balaban J connectivity index is 2.70. The summed E-state index contributed by atoms with van der Waals surface area (Å²) in [6.45, 7) is 4.19. The van der Waals surface area contributed by atoms with E-state index >= 15 is 0 Å². The highest BCUT2D eigenvalue weighted by Crippen LogP contribution is 1.93. The van der Waals surface area contributed by atoms with Gasteiger partial charge in [0, 0.05) is 6.92 Å². The number of nitrogens with zero attached hydrogens (tertiary/aromatic N) is 1. The zero-order chi connectivity index (χ0) is 4.57. The molecule has 6 heavy (non-hydrogen) atoms. The van der Waals surface area contributed by atoms with Crippen molar-refractivity contribution >= 4 is 11.9 Å². The van der Waals surface area contributed by atoms with E-state index in [1.54, 1.807) is 0 Å². The first-order valence-corrected chi connectivity index (χ1v) is 2.18. The van der Waals surface area contributed by atoms with Crippen LogP contribution in [-0.2, 0) is 0 Å². The van der Waals surface area contributed by atoms with E-state index in [-0.39, 0.29) is 0 Å². The maximum absolute atomic E-state index is 3.94. The molecule has 0 radical (unpaired) electrons. The van der Waals surface area contributed by atoms with Gasteiger partial charge in [-0.15, -0.1) is 4.67 Å². The van der Waals surface area contributed by atoms with E-state index in [0.717, 1.165) is 0 Å². The molecule has 1 aliphatic rings. The summed E-state index contributed by atoms with van der Waals surface area (Å²) in [6, 6.07) is 0. The van der Waals surface area contributed by atoms with Crippen LogP contribution in [0.4, 0.5) is 0 Å². The Bertz CT molecular complexity index is 118. The maximum atomic E-state index is 3.94. The van der Waals surface area contributed by atoms with Crippen LogP contribution in [0.1, 0.15) is 13.8 Å². The van der Waals surface area contributed by atoms with Crippen molar-refractivity contribution < 1.29 is 0 Å². The van der Waals surface area contributed by atoms with Gasteiger partial charge in [0.05, 0.1) is 0 Å². The first kappa shape index (κ1) is 3.63. The topological polar surface area (TPSA) is 14.1 Å². The second kappa shape index (κ2) is 0.954. The molecule has 0 aromatic rings. The smallest absolute Gasteiger partial charge is 0.106 e. The molecule has 1 heterocycles. The SMILES string of the molecule is CC1=[N+]=C[C@H]1C. The molecule has 1 nitrogen and oxygen atoms in total. The highest BCUT2D eigenvalue weighted by atomic mass is 14.7. The van der Waals surface area contributed by atoms with Gasteiger partial charge in [-0.3, -0.25) is 0 Å². The first-order chi connectivity index (χ1) is 2.80. The van der Waals surface area contributed by atoms with Gasteiger partial charge < -0.3 is 0 Å². The summed E-state index contributed by atoms with van der Waals surface area (Å²) < 4.78 is 3.94. The summed E-state index contributed by atoms with van der Waals surface area (Å²) in [5.74, 6) is 0.657. The van der Waals surface area contributed by atoms with E-state index in [1.165, 1.54) is 5.71 Å².